The molecule has 4 rings (SSSR count). The molecule has 3 heterocycles. The number of anilines is 1. The molecule has 0 aliphatic carbocycles. The monoisotopic (exact) mass is 484 g/mol. The van der Waals surface area contributed by atoms with E-state index in [-0.39, 0.29) is 27.8 Å². The van der Waals surface area contributed by atoms with Gasteiger partial charge in [-0.25, -0.2) is 14.2 Å². The van der Waals surface area contributed by atoms with Crippen LogP contribution in [0.15, 0.2) is 60.0 Å². The molecule has 0 bridgehead atoms. The molecule has 0 spiro atoms. The highest BCUT2D eigenvalue weighted by Crippen LogP contribution is 2.45. The summed E-state index contributed by atoms with van der Waals surface area (Å²) in [5.74, 6) is -3.34. The fraction of sp³-hybridized carbons (Fsp3) is 0.130. The van der Waals surface area contributed by atoms with Crippen molar-refractivity contribution in [3.05, 3.63) is 86.8 Å². The van der Waals surface area contributed by atoms with E-state index in [1.54, 1.807) is 24.4 Å². The number of benzene rings is 1. The first kappa shape index (κ1) is 22.6. The minimum Gasteiger partial charge on any atom is -0.507 e. The van der Waals surface area contributed by atoms with Crippen LogP contribution in [0.3, 0.4) is 0 Å². The Bertz CT molecular complexity index is 1280. The van der Waals surface area contributed by atoms with Crippen LogP contribution in [0.2, 0.25) is 0 Å². The van der Waals surface area contributed by atoms with Crippen molar-refractivity contribution >= 4 is 51.2 Å². The number of rotatable bonds is 6. The van der Waals surface area contributed by atoms with E-state index in [9.17, 15) is 23.9 Å². The molecule has 1 unspecified atom stereocenters. The Kier molecular flexibility index (Phi) is 6.21. The second kappa shape index (κ2) is 9.08. The predicted molar refractivity (Wildman–Crippen MR) is 123 cm³/mol. The lowest BCUT2D eigenvalue weighted by molar-refractivity contribution is -0.132. The minimum atomic E-state index is -0.961. The van der Waals surface area contributed by atoms with E-state index in [1.807, 2.05) is 0 Å². The van der Waals surface area contributed by atoms with Gasteiger partial charge in [0.25, 0.3) is 5.78 Å². The molecule has 3 aromatic rings. The summed E-state index contributed by atoms with van der Waals surface area (Å²) < 4.78 is 18.4. The Balaban J connectivity index is 1.84. The van der Waals surface area contributed by atoms with Gasteiger partial charge in [-0.15, -0.1) is 11.3 Å². The van der Waals surface area contributed by atoms with E-state index in [0.717, 1.165) is 23.5 Å². The van der Waals surface area contributed by atoms with Gasteiger partial charge < -0.3 is 9.84 Å². The highest BCUT2D eigenvalue weighted by molar-refractivity contribution is 7.18. The quantitative estimate of drug-likeness (QED) is 0.180. The molecule has 1 saturated heterocycles. The average molecular weight is 485 g/mol. The first-order valence-electron chi connectivity index (χ1n) is 9.69. The maximum atomic E-state index is 13.4. The Labute approximate surface area is 196 Å². The van der Waals surface area contributed by atoms with Crippen molar-refractivity contribution in [3.8, 4) is 0 Å². The van der Waals surface area contributed by atoms with E-state index in [1.165, 1.54) is 34.4 Å². The predicted octanol–water partition coefficient (Wildman–Crippen LogP) is 4.62. The Hall–Kier alpha value is -3.63. The molecule has 1 amide bonds. The van der Waals surface area contributed by atoms with Crippen LogP contribution >= 0.6 is 22.7 Å². The standard InChI is InChI=1S/C23H17FN2O5S2/c1-3-10-31-22(30)20-12(2)25-23(33-20)26-17(15-5-4-11-32-15)16(19(28)21(26)29)18(27)13-6-8-14(24)9-7-13/h3-9,11,17,27H,1,10H2,2H3/b18-16+. The number of nitrogens with zero attached hydrogens (tertiary/aromatic N) is 2. The zero-order valence-electron chi connectivity index (χ0n) is 17.3. The first-order valence-corrected chi connectivity index (χ1v) is 11.4. The average Bonchev–Trinajstić information content (AvgIpc) is 3.51. The summed E-state index contributed by atoms with van der Waals surface area (Å²) >= 11 is 2.21. The van der Waals surface area contributed by atoms with Crippen LogP contribution in [0.5, 0.6) is 0 Å². The number of amides is 1. The molecule has 1 N–H and O–H groups in total. The normalized spacial score (nSPS) is 17.4. The summed E-state index contributed by atoms with van der Waals surface area (Å²) in [6.45, 7) is 5.11. The molecule has 1 aliphatic rings. The lowest BCUT2D eigenvalue weighted by Gasteiger charge is -2.21. The van der Waals surface area contributed by atoms with Gasteiger partial charge in [-0.05, 0) is 42.6 Å². The van der Waals surface area contributed by atoms with Crippen LogP contribution in [0.25, 0.3) is 5.76 Å². The number of Topliss-reactive ketones (excluding diaryl/α,β-unsaturated/α-hetero) is 1. The SMILES string of the molecule is C=CCOC(=O)c1sc(N2C(=O)C(=O)/C(=C(/O)c3ccc(F)cc3)C2c2cccs2)nc1C. The highest BCUT2D eigenvalue weighted by Gasteiger charge is 2.48. The lowest BCUT2D eigenvalue weighted by Crippen LogP contribution is -2.29. The molecular weight excluding hydrogens is 467 g/mol. The van der Waals surface area contributed by atoms with Crippen molar-refractivity contribution < 1.29 is 28.6 Å². The fourth-order valence-electron chi connectivity index (χ4n) is 3.38. The van der Waals surface area contributed by atoms with E-state index < -0.39 is 35.3 Å². The number of hydrogen-bond acceptors (Lipinski definition) is 8. The number of ether oxygens (including phenoxy) is 1. The van der Waals surface area contributed by atoms with Gasteiger partial charge in [-0.2, -0.15) is 0 Å². The van der Waals surface area contributed by atoms with Crippen molar-refractivity contribution in [2.45, 2.75) is 13.0 Å². The number of thiazole rings is 1. The van der Waals surface area contributed by atoms with Crippen LogP contribution in [-0.4, -0.2) is 34.4 Å². The van der Waals surface area contributed by atoms with Gasteiger partial charge >= 0.3 is 11.9 Å². The first-order chi connectivity index (χ1) is 15.8. The van der Waals surface area contributed by atoms with Gasteiger partial charge in [0.05, 0.1) is 11.3 Å². The molecule has 0 radical (unpaired) electrons. The van der Waals surface area contributed by atoms with Gasteiger partial charge in [-0.1, -0.05) is 30.1 Å². The third kappa shape index (κ3) is 4.10. The smallest absolute Gasteiger partial charge is 0.350 e. The zero-order chi connectivity index (χ0) is 23.7. The number of thiophene rings is 1. The number of aromatic nitrogens is 1. The Morgan fingerprint density at radius 3 is 2.67 bits per heavy atom. The number of aliphatic hydroxyl groups is 1. The molecule has 10 heteroatoms. The number of ketones is 1. The zero-order valence-corrected chi connectivity index (χ0v) is 18.9. The summed E-state index contributed by atoms with van der Waals surface area (Å²) in [6.07, 6.45) is 1.43. The van der Waals surface area contributed by atoms with Crippen molar-refractivity contribution in [1.82, 2.24) is 4.98 Å². The maximum absolute atomic E-state index is 13.4. The minimum absolute atomic E-state index is 0.0168. The molecular formula is C23H17FN2O5S2. The molecule has 7 nitrogen and oxygen atoms in total. The van der Waals surface area contributed by atoms with Crippen molar-refractivity contribution in [2.24, 2.45) is 0 Å². The Morgan fingerprint density at radius 1 is 1.30 bits per heavy atom. The number of carbonyl (C=O) groups is 3. The second-order valence-electron chi connectivity index (χ2n) is 6.99. The molecule has 2 aromatic heterocycles. The summed E-state index contributed by atoms with van der Waals surface area (Å²) in [6, 6.07) is 7.47. The third-order valence-corrected chi connectivity index (χ3v) is 6.95. The Morgan fingerprint density at radius 2 is 2.03 bits per heavy atom. The van der Waals surface area contributed by atoms with E-state index >= 15 is 0 Å². The second-order valence-corrected chi connectivity index (χ2v) is 8.95. The largest absolute Gasteiger partial charge is 0.507 e. The molecule has 168 valence electrons. The van der Waals surface area contributed by atoms with Crippen LogP contribution < -0.4 is 4.90 Å². The van der Waals surface area contributed by atoms with E-state index in [4.69, 9.17) is 4.74 Å². The van der Waals surface area contributed by atoms with Crippen LogP contribution in [-0.2, 0) is 14.3 Å². The van der Waals surface area contributed by atoms with Crippen LogP contribution in [0, 0.1) is 12.7 Å². The summed E-state index contributed by atoms with van der Waals surface area (Å²) in [5, 5.41) is 12.8. The third-order valence-electron chi connectivity index (χ3n) is 4.88. The van der Waals surface area contributed by atoms with Crippen LogP contribution in [0.1, 0.15) is 31.8 Å². The van der Waals surface area contributed by atoms with Gasteiger partial charge in [-0.3, -0.25) is 14.5 Å². The van der Waals surface area contributed by atoms with Gasteiger partial charge in [0.1, 0.15) is 29.1 Å². The lowest BCUT2D eigenvalue weighted by atomic mass is 10.00. The number of aryl methyl sites for hydroxylation is 1. The summed E-state index contributed by atoms with van der Waals surface area (Å²) in [4.78, 5) is 44.8. The number of hydrogen-bond donors (Lipinski definition) is 1. The van der Waals surface area contributed by atoms with Crippen molar-refractivity contribution in [1.29, 1.82) is 0 Å². The van der Waals surface area contributed by atoms with Crippen molar-refractivity contribution in [2.75, 3.05) is 11.5 Å². The number of esters is 1. The number of aliphatic hydroxyl groups excluding tert-OH is 1. The molecule has 1 aliphatic heterocycles. The van der Waals surface area contributed by atoms with Crippen LogP contribution in [0.4, 0.5) is 9.52 Å². The number of carbonyl (C=O) groups excluding carboxylic acids is 3. The summed E-state index contributed by atoms with van der Waals surface area (Å²) in [5.41, 5.74) is 0.395. The van der Waals surface area contributed by atoms with Gasteiger partial charge in [0, 0.05) is 10.4 Å². The molecule has 33 heavy (non-hydrogen) atoms. The number of halogens is 1. The van der Waals surface area contributed by atoms with Crippen molar-refractivity contribution in [3.63, 3.8) is 0 Å². The van der Waals surface area contributed by atoms with E-state index in [2.05, 4.69) is 11.6 Å². The molecule has 1 aromatic carbocycles. The van der Waals surface area contributed by atoms with E-state index in [0.29, 0.717) is 10.6 Å². The maximum Gasteiger partial charge on any atom is 0.350 e. The highest BCUT2D eigenvalue weighted by atomic mass is 32.1. The summed E-state index contributed by atoms with van der Waals surface area (Å²) in [7, 11) is 0. The molecule has 1 atom stereocenters. The van der Waals surface area contributed by atoms with Gasteiger partial charge in [0.2, 0.25) is 0 Å². The molecule has 0 saturated carbocycles. The topological polar surface area (TPSA) is 96.8 Å². The fourth-order valence-corrected chi connectivity index (χ4v) is 5.19. The molecule has 1 fully saturated rings. The van der Waals surface area contributed by atoms with Gasteiger partial charge in [0.15, 0.2) is 5.13 Å².